The summed E-state index contributed by atoms with van der Waals surface area (Å²) in [6.07, 6.45) is 3.86. The molecule has 2 aliphatic heterocycles. The first-order valence-corrected chi connectivity index (χ1v) is 15.0. The fourth-order valence-electron chi connectivity index (χ4n) is 7.38. The van der Waals surface area contributed by atoms with Crippen LogP contribution in [0.15, 0.2) is 81.4 Å². The number of ether oxygens (including phenoxy) is 1. The minimum absolute atomic E-state index is 0.000978. The van der Waals surface area contributed by atoms with Gasteiger partial charge in [-0.1, -0.05) is 27.6 Å². The Morgan fingerprint density at radius 1 is 0.929 bits per heavy atom. The van der Waals surface area contributed by atoms with Crippen LogP contribution < -0.4 is 9.80 Å². The fourth-order valence-corrected chi connectivity index (χ4v) is 7.76. The van der Waals surface area contributed by atoms with Crippen LogP contribution in [0.5, 0.6) is 5.75 Å². The number of Topliss-reactive ketones (excluding diaryl/α,β-unsaturated/α-hetero) is 1. The number of imide groups is 1. The second-order valence-corrected chi connectivity index (χ2v) is 12.5. The Morgan fingerprint density at radius 3 is 2.38 bits per heavy atom. The van der Waals surface area contributed by atoms with Gasteiger partial charge in [-0.3, -0.25) is 24.1 Å². The van der Waals surface area contributed by atoms with Gasteiger partial charge < -0.3 is 14.7 Å². The summed E-state index contributed by atoms with van der Waals surface area (Å²) < 4.78 is 6.16. The van der Waals surface area contributed by atoms with E-state index in [0.29, 0.717) is 52.1 Å². The van der Waals surface area contributed by atoms with Crippen molar-refractivity contribution in [1.29, 1.82) is 0 Å². The van der Waals surface area contributed by atoms with E-state index in [-0.39, 0.29) is 35.6 Å². The molecule has 0 bridgehead atoms. The molecule has 0 saturated carbocycles. The number of rotatable bonds is 3. The molecule has 7 rings (SSSR count). The lowest BCUT2D eigenvalue weighted by Gasteiger charge is -2.42. The number of hydrogen-bond acceptors (Lipinski definition) is 7. The number of carbonyl (C=O) groups excluding carboxylic acids is 4. The molecule has 1 N–H and O–H groups in total. The van der Waals surface area contributed by atoms with Gasteiger partial charge in [-0.25, -0.2) is 0 Å². The van der Waals surface area contributed by atoms with Crippen LogP contribution >= 0.6 is 15.9 Å². The highest BCUT2D eigenvalue weighted by atomic mass is 79.9. The van der Waals surface area contributed by atoms with E-state index in [4.69, 9.17) is 4.74 Å². The lowest BCUT2D eigenvalue weighted by molar-refractivity contribution is -0.123. The van der Waals surface area contributed by atoms with Crippen LogP contribution in [-0.2, 0) is 23.9 Å². The summed E-state index contributed by atoms with van der Waals surface area (Å²) in [5, 5.41) is 10.9. The molecule has 9 heteroatoms. The van der Waals surface area contributed by atoms with Gasteiger partial charge in [-0.05, 0) is 74.2 Å². The average molecular weight is 630 g/mol. The Labute approximate surface area is 251 Å². The van der Waals surface area contributed by atoms with E-state index in [1.807, 2.05) is 30.3 Å². The number of benzene rings is 2. The molecule has 4 atom stereocenters. The molecule has 5 aliphatic rings. The van der Waals surface area contributed by atoms with Crippen molar-refractivity contribution in [1.82, 2.24) is 0 Å². The molecule has 2 amide bonds. The number of nitrogens with zero attached hydrogens (tertiary/aromatic N) is 2. The van der Waals surface area contributed by atoms with Gasteiger partial charge in [-0.2, -0.15) is 0 Å². The molecule has 0 aromatic heterocycles. The number of ketones is 2. The summed E-state index contributed by atoms with van der Waals surface area (Å²) in [5.41, 5.74) is 3.92. The van der Waals surface area contributed by atoms with Crippen molar-refractivity contribution in [3.63, 3.8) is 0 Å². The molecule has 2 aromatic carbocycles. The number of halogens is 1. The zero-order valence-corrected chi connectivity index (χ0v) is 24.6. The van der Waals surface area contributed by atoms with Crippen LogP contribution in [0, 0.1) is 17.8 Å². The van der Waals surface area contributed by atoms with Gasteiger partial charge in [0.15, 0.2) is 11.6 Å². The number of amides is 2. The number of aromatic hydroxyl groups is 1. The summed E-state index contributed by atoms with van der Waals surface area (Å²) in [5.74, 6) is -3.40. The topological polar surface area (TPSA) is 104 Å². The summed E-state index contributed by atoms with van der Waals surface area (Å²) in [4.78, 5) is 58.3. The summed E-state index contributed by atoms with van der Waals surface area (Å²) in [6, 6.07) is 12.5. The van der Waals surface area contributed by atoms with Gasteiger partial charge in [0.05, 0.1) is 30.7 Å². The Morgan fingerprint density at radius 2 is 1.64 bits per heavy atom. The maximum Gasteiger partial charge on any atom is 0.238 e. The van der Waals surface area contributed by atoms with Gasteiger partial charge in [0, 0.05) is 51.5 Å². The normalized spacial score (nSPS) is 27.5. The maximum absolute atomic E-state index is 14.1. The number of carbonyl (C=O) groups is 4. The summed E-state index contributed by atoms with van der Waals surface area (Å²) >= 11 is 3.48. The minimum atomic E-state index is -0.692. The van der Waals surface area contributed by atoms with Gasteiger partial charge in [0.1, 0.15) is 5.75 Å². The molecule has 0 unspecified atom stereocenters. The third-order valence-corrected chi connectivity index (χ3v) is 9.84. The van der Waals surface area contributed by atoms with Crippen LogP contribution in [-0.4, -0.2) is 54.8 Å². The standard InChI is InChI=1S/C33H29BrN2O6/c1-17-14-27(38)30-25(31(17)39)16-23-21(28(30)24-15-18(34)2-9-26(24)37)7-8-22-29(23)33(41)36(32(22)40)20-5-3-19(4-6-20)35-10-12-42-13-11-35/h2-7,9,14-15,22-23,28-29,37H,8,10-13,16H2,1H3/t22-,23+,28+,29-/m0/s1. The van der Waals surface area contributed by atoms with Crippen molar-refractivity contribution < 1.29 is 29.0 Å². The van der Waals surface area contributed by atoms with Crippen molar-refractivity contribution in [2.24, 2.45) is 17.8 Å². The Kier molecular flexibility index (Phi) is 6.55. The second kappa shape index (κ2) is 10.2. The predicted octanol–water partition coefficient (Wildman–Crippen LogP) is 4.63. The summed E-state index contributed by atoms with van der Waals surface area (Å²) in [6.45, 7) is 4.50. The van der Waals surface area contributed by atoms with Crippen LogP contribution in [0.4, 0.5) is 11.4 Å². The van der Waals surface area contributed by atoms with E-state index in [9.17, 15) is 24.3 Å². The fraction of sp³-hybridized carbons (Fsp3) is 0.333. The highest BCUT2D eigenvalue weighted by Crippen LogP contribution is 2.56. The van der Waals surface area contributed by atoms with E-state index < -0.39 is 23.7 Å². The van der Waals surface area contributed by atoms with E-state index >= 15 is 0 Å². The maximum atomic E-state index is 14.1. The van der Waals surface area contributed by atoms with Crippen LogP contribution in [0.3, 0.4) is 0 Å². The van der Waals surface area contributed by atoms with E-state index in [2.05, 4.69) is 20.8 Å². The zero-order chi connectivity index (χ0) is 29.3. The molecular weight excluding hydrogens is 600 g/mol. The second-order valence-electron chi connectivity index (χ2n) is 11.6. The Balaban J connectivity index is 1.28. The zero-order valence-electron chi connectivity index (χ0n) is 23.0. The van der Waals surface area contributed by atoms with Gasteiger partial charge in [0.25, 0.3) is 0 Å². The van der Waals surface area contributed by atoms with Gasteiger partial charge in [0.2, 0.25) is 11.8 Å². The molecule has 2 saturated heterocycles. The number of anilines is 2. The van der Waals surface area contributed by atoms with Crippen LogP contribution in [0.25, 0.3) is 0 Å². The molecule has 214 valence electrons. The molecule has 0 radical (unpaired) electrons. The minimum Gasteiger partial charge on any atom is -0.508 e. The SMILES string of the molecule is CC1=CC(=O)C2=C(C[C@@H]3C(=CC[C@@H]4C(=O)N(c5ccc(N6CCOCC6)cc5)C(=O)[C@@H]43)[C@@H]2c2cc(Br)ccc2O)C1=O. The van der Waals surface area contributed by atoms with Crippen molar-refractivity contribution in [3.05, 3.63) is 86.9 Å². The molecule has 0 spiro atoms. The van der Waals surface area contributed by atoms with Gasteiger partial charge >= 0.3 is 0 Å². The first-order valence-electron chi connectivity index (χ1n) is 14.2. The number of phenols is 1. The van der Waals surface area contributed by atoms with E-state index in [1.54, 1.807) is 25.1 Å². The third-order valence-electron chi connectivity index (χ3n) is 9.35. The summed E-state index contributed by atoms with van der Waals surface area (Å²) in [7, 11) is 0. The van der Waals surface area contributed by atoms with E-state index in [1.165, 1.54) is 11.0 Å². The Hall–Kier alpha value is -3.82. The van der Waals surface area contributed by atoms with Crippen LogP contribution in [0.1, 0.15) is 31.2 Å². The molecule has 8 nitrogen and oxygen atoms in total. The van der Waals surface area contributed by atoms with Crippen LogP contribution in [0.2, 0.25) is 0 Å². The quantitative estimate of drug-likeness (QED) is 0.300. The smallest absolute Gasteiger partial charge is 0.238 e. The molecular formula is C33H29BrN2O6. The molecule has 3 aliphatic carbocycles. The monoisotopic (exact) mass is 628 g/mol. The largest absolute Gasteiger partial charge is 0.508 e. The average Bonchev–Trinajstić information content (AvgIpc) is 3.26. The lowest BCUT2D eigenvalue weighted by atomic mass is 9.59. The molecule has 2 fully saturated rings. The van der Waals surface area contributed by atoms with Crippen molar-refractivity contribution in [2.45, 2.75) is 25.7 Å². The molecule has 42 heavy (non-hydrogen) atoms. The number of phenolic OH excluding ortho intramolecular Hbond substituents is 1. The lowest BCUT2D eigenvalue weighted by Crippen LogP contribution is -2.39. The highest BCUT2D eigenvalue weighted by molar-refractivity contribution is 9.10. The number of allylic oxidation sites excluding steroid dienone is 6. The molecule has 2 aromatic rings. The van der Waals surface area contributed by atoms with Crippen molar-refractivity contribution in [3.8, 4) is 5.75 Å². The first kappa shape index (κ1) is 27.0. The number of morpholine rings is 1. The predicted molar refractivity (Wildman–Crippen MR) is 159 cm³/mol. The highest BCUT2D eigenvalue weighted by Gasteiger charge is 2.56. The van der Waals surface area contributed by atoms with E-state index in [0.717, 1.165) is 24.4 Å². The third kappa shape index (κ3) is 4.13. The van der Waals surface area contributed by atoms with Crippen molar-refractivity contribution in [2.75, 3.05) is 36.1 Å². The van der Waals surface area contributed by atoms with Gasteiger partial charge in [-0.15, -0.1) is 0 Å². The first-order chi connectivity index (χ1) is 20.2. The van der Waals surface area contributed by atoms with Crippen molar-refractivity contribution >= 4 is 50.7 Å². The Bertz CT molecular complexity index is 1650. The number of hydrogen-bond donors (Lipinski definition) is 1. The molecule has 2 heterocycles. The number of fused-ring (bicyclic) bond motifs is 3.